The number of aryl methyl sites for hydroxylation is 1. The van der Waals surface area contributed by atoms with Crippen molar-refractivity contribution >= 4 is 29.1 Å². The monoisotopic (exact) mass is 597 g/mol. The summed E-state index contributed by atoms with van der Waals surface area (Å²) in [5.41, 5.74) is 0.950. The van der Waals surface area contributed by atoms with Crippen LogP contribution in [-0.4, -0.2) is 59.2 Å². The van der Waals surface area contributed by atoms with Gasteiger partial charge in [-0.3, -0.25) is 14.3 Å². The predicted molar refractivity (Wildman–Crippen MR) is 149 cm³/mol. The molecule has 1 unspecified atom stereocenters. The number of carbonyl (C=O) groups excluding carboxylic acids is 1. The first-order valence-corrected chi connectivity index (χ1v) is 13.8. The van der Waals surface area contributed by atoms with E-state index in [1.807, 2.05) is 0 Å². The van der Waals surface area contributed by atoms with Crippen LogP contribution in [0.1, 0.15) is 45.8 Å². The molecule has 1 fully saturated rings. The zero-order chi connectivity index (χ0) is 28.9. The summed E-state index contributed by atoms with van der Waals surface area (Å²) >= 11 is 12.1. The molecule has 1 saturated carbocycles. The first-order chi connectivity index (χ1) is 19.6. The molecule has 1 aliphatic heterocycles. The van der Waals surface area contributed by atoms with Gasteiger partial charge < -0.3 is 10.2 Å². The van der Waals surface area contributed by atoms with Gasteiger partial charge in [-0.2, -0.15) is 10.2 Å². The Hall–Kier alpha value is -3.41. The minimum atomic E-state index is -2.83. The molecule has 6 rings (SSSR count). The normalized spacial score (nSPS) is 19.9. The summed E-state index contributed by atoms with van der Waals surface area (Å²) in [6, 6.07) is 11.9. The fourth-order valence-electron chi connectivity index (χ4n) is 5.09. The molecule has 0 radical (unpaired) electrons. The Morgan fingerprint density at radius 3 is 2.37 bits per heavy atom. The Labute approximate surface area is 245 Å². The van der Waals surface area contributed by atoms with E-state index in [9.17, 15) is 15.0 Å². The average Bonchev–Trinajstić information content (AvgIpc) is 3.47. The van der Waals surface area contributed by atoms with E-state index < -0.39 is 23.4 Å². The predicted octanol–water partition coefficient (Wildman–Crippen LogP) is 4.41. The van der Waals surface area contributed by atoms with E-state index in [-0.39, 0.29) is 30.6 Å². The number of aliphatic hydroxyl groups excluding tert-OH is 1. The molecule has 2 atom stereocenters. The molecule has 212 valence electrons. The summed E-state index contributed by atoms with van der Waals surface area (Å²) in [6.45, 7) is -0.297. The number of amides is 1. The fraction of sp³-hybridized carbons (Fsp3) is 0.310. The third-order valence-corrected chi connectivity index (χ3v) is 7.89. The van der Waals surface area contributed by atoms with E-state index in [1.54, 1.807) is 54.3 Å². The SMILES string of the molecule is Cn1ccc(CC(O)[C@]2(F)c3c(ccc(-c4ccc(Cl)cc4)c3Cc3ncc(Cl)cn3)C(=O)N2OCC2(O)CC2)n1. The van der Waals surface area contributed by atoms with Crippen LogP contribution >= 0.6 is 23.2 Å². The Balaban J connectivity index is 1.53. The maximum absolute atomic E-state index is 17.8. The highest BCUT2D eigenvalue weighted by Gasteiger charge is 2.59. The van der Waals surface area contributed by atoms with E-state index >= 15 is 4.39 Å². The Kier molecular flexibility index (Phi) is 7.07. The number of halogens is 3. The number of rotatable bonds is 9. The van der Waals surface area contributed by atoms with Crippen LogP contribution in [0.15, 0.2) is 61.1 Å². The number of aromatic nitrogens is 4. The molecule has 2 aromatic carbocycles. The van der Waals surface area contributed by atoms with Crippen LogP contribution in [0.25, 0.3) is 11.1 Å². The second kappa shape index (κ2) is 10.5. The van der Waals surface area contributed by atoms with Crippen LogP contribution in [-0.2, 0) is 30.5 Å². The largest absolute Gasteiger partial charge is 0.387 e. The van der Waals surface area contributed by atoms with Gasteiger partial charge in [0.1, 0.15) is 18.5 Å². The molecule has 4 aromatic rings. The lowest BCUT2D eigenvalue weighted by atomic mass is 9.85. The first-order valence-electron chi connectivity index (χ1n) is 13.0. The van der Waals surface area contributed by atoms with Crippen molar-refractivity contribution in [1.82, 2.24) is 24.8 Å². The van der Waals surface area contributed by atoms with Gasteiger partial charge in [-0.05, 0) is 53.8 Å². The Morgan fingerprint density at radius 1 is 1.05 bits per heavy atom. The van der Waals surface area contributed by atoms with E-state index in [0.29, 0.717) is 56.2 Å². The molecule has 1 amide bonds. The molecular weight excluding hydrogens is 572 g/mol. The minimum Gasteiger partial charge on any atom is -0.387 e. The molecule has 1 aliphatic carbocycles. The molecule has 2 aromatic heterocycles. The van der Waals surface area contributed by atoms with E-state index in [0.717, 1.165) is 0 Å². The molecule has 9 nitrogen and oxygen atoms in total. The topological polar surface area (TPSA) is 114 Å². The van der Waals surface area contributed by atoms with Gasteiger partial charge in [0.2, 0.25) is 0 Å². The highest BCUT2D eigenvalue weighted by atomic mass is 35.5. The zero-order valence-electron chi connectivity index (χ0n) is 22.0. The van der Waals surface area contributed by atoms with Crippen molar-refractivity contribution in [2.75, 3.05) is 6.61 Å². The van der Waals surface area contributed by atoms with Crippen LogP contribution in [0.2, 0.25) is 10.0 Å². The van der Waals surface area contributed by atoms with Gasteiger partial charge in [0.05, 0.1) is 21.9 Å². The Bertz CT molecular complexity index is 1610. The smallest absolute Gasteiger partial charge is 0.281 e. The van der Waals surface area contributed by atoms with Crippen molar-refractivity contribution in [3.63, 3.8) is 0 Å². The molecular formula is C29H26Cl2FN5O4. The minimum absolute atomic E-state index is 0.0192. The lowest BCUT2D eigenvalue weighted by molar-refractivity contribution is -0.269. The van der Waals surface area contributed by atoms with Crippen LogP contribution in [0, 0.1) is 0 Å². The van der Waals surface area contributed by atoms with Crippen molar-refractivity contribution in [3.8, 4) is 11.1 Å². The van der Waals surface area contributed by atoms with Gasteiger partial charge in [0, 0.05) is 49.1 Å². The maximum atomic E-state index is 17.8. The number of hydroxylamine groups is 2. The number of alkyl halides is 1. The highest BCUT2D eigenvalue weighted by molar-refractivity contribution is 6.30. The molecule has 2 aliphatic rings. The standard InChI is InChI=1S/C29H26Cl2FN5O4/c1-36-11-8-20(35-36)12-24(38)29(32)26-22(27(39)37(29)41-16-28(40)9-10-28)7-6-21(17-2-4-18(30)5-3-17)23(26)13-25-33-14-19(31)15-34-25/h2-8,11,14-15,24,38,40H,9-10,12-13,16H2,1H3/t24?,29-/m1/s1. The quantitative estimate of drug-likeness (QED) is 0.275. The molecule has 0 spiro atoms. The van der Waals surface area contributed by atoms with Crippen LogP contribution < -0.4 is 0 Å². The molecule has 2 N–H and O–H groups in total. The van der Waals surface area contributed by atoms with Crippen molar-refractivity contribution < 1.29 is 24.2 Å². The summed E-state index contributed by atoms with van der Waals surface area (Å²) < 4.78 is 19.4. The number of hydrogen-bond acceptors (Lipinski definition) is 7. The third kappa shape index (κ3) is 5.22. The summed E-state index contributed by atoms with van der Waals surface area (Å²) in [5.74, 6) is -3.27. The van der Waals surface area contributed by atoms with Gasteiger partial charge in [-0.1, -0.05) is 41.4 Å². The fourth-order valence-corrected chi connectivity index (χ4v) is 5.31. The lowest BCUT2D eigenvalue weighted by Gasteiger charge is -2.35. The second-order valence-corrected chi connectivity index (χ2v) is 11.4. The molecule has 12 heteroatoms. The van der Waals surface area contributed by atoms with Crippen molar-refractivity contribution in [2.24, 2.45) is 7.05 Å². The molecule has 0 saturated heterocycles. The summed E-state index contributed by atoms with van der Waals surface area (Å²) in [5, 5.41) is 27.7. The van der Waals surface area contributed by atoms with Gasteiger partial charge in [-0.25, -0.2) is 14.4 Å². The van der Waals surface area contributed by atoms with Gasteiger partial charge >= 0.3 is 0 Å². The van der Waals surface area contributed by atoms with Crippen LogP contribution in [0.5, 0.6) is 0 Å². The van der Waals surface area contributed by atoms with Gasteiger partial charge in [0.15, 0.2) is 0 Å². The highest BCUT2D eigenvalue weighted by Crippen LogP contribution is 2.49. The summed E-state index contributed by atoms with van der Waals surface area (Å²) in [7, 11) is 1.71. The van der Waals surface area contributed by atoms with Crippen LogP contribution in [0.4, 0.5) is 4.39 Å². The van der Waals surface area contributed by atoms with Crippen LogP contribution in [0.3, 0.4) is 0 Å². The molecule has 41 heavy (non-hydrogen) atoms. The summed E-state index contributed by atoms with van der Waals surface area (Å²) in [4.78, 5) is 28.0. The van der Waals surface area contributed by atoms with Gasteiger partial charge in [-0.15, -0.1) is 0 Å². The molecule has 3 heterocycles. The second-order valence-electron chi connectivity index (χ2n) is 10.5. The van der Waals surface area contributed by atoms with E-state index in [2.05, 4.69) is 15.1 Å². The zero-order valence-corrected chi connectivity index (χ0v) is 23.5. The number of nitrogens with zero attached hydrogens (tertiary/aromatic N) is 5. The number of benzene rings is 2. The molecule has 0 bridgehead atoms. The van der Waals surface area contributed by atoms with Crippen molar-refractivity contribution in [2.45, 2.75) is 43.2 Å². The van der Waals surface area contributed by atoms with Crippen molar-refractivity contribution in [3.05, 3.63) is 99.3 Å². The summed E-state index contributed by atoms with van der Waals surface area (Å²) in [6.07, 6.45) is 3.52. The first kappa shape index (κ1) is 27.7. The number of aliphatic hydroxyl groups is 2. The van der Waals surface area contributed by atoms with E-state index in [4.69, 9.17) is 28.0 Å². The maximum Gasteiger partial charge on any atom is 0.281 e. The lowest BCUT2D eigenvalue weighted by Crippen LogP contribution is -2.51. The van der Waals surface area contributed by atoms with Crippen molar-refractivity contribution in [1.29, 1.82) is 0 Å². The number of carbonyl (C=O) groups is 1. The average molecular weight is 598 g/mol. The number of fused-ring (bicyclic) bond motifs is 1. The van der Waals surface area contributed by atoms with Gasteiger partial charge in [0.25, 0.3) is 11.7 Å². The van der Waals surface area contributed by atoms with E-state index in [1.165, 1.54) is 18.5 Å². The Morgan fingerprint density at radius 2 is 1.73 bits per heavy atom. The third-order valence-electron chi connectivity index (χ3n) is 7.44. The number of hydrogen-bond donors (Lipinski definition) is 2.